The number of nitrogens with one attached hydrogen (secondary N) is 1. The molecule has 2 heterocycles. The van der Waals surface area contributed by atoms with Gasteiger partial charge in [-0.15, -0.1) is 11.8 Å². The molecule has 2 aromatic carbocycles. The van der Waals surface area contributed by atoms with E-state index >= 15 is 0 Å². The molecule has 0 saturated heterocycles. The number of hydrogen-bond donors (Lipinski definition) is 2. The van der Waals surface area contributed by atoms with Gasteiger partial charge in [-0.1, -0.05) is 12.1 Å². The highest BCUT2D eigenvalue weighted by molar-refractivity contribution is 8.00. The van der Waals surface area contributed by atoms with Gasteiger partial charge in [0.15, 0.2) is 0 Å². The molecule has 1 unspecified atom stereocenters. The first kappa shape index (κ1) is 17.5. The van der Waals surface area contributed by atoms with Crippen molar-refractivity contribution in [2.45, 2.75) is 12.2 Å². The number of methoxy groups -OCH3 is 1. The lowest BCUT2D eigenvalue weighted by Crippen LogP contribution is -2.15. The third-order valence-electron chi connectivity index (χ3n) is 4.50. The lowest BCUT2D eigenvalue weighted by atomic mass is 10.0. The molecule has 0 spiro atoms. The van der Waals surface area contributed by atoms with Crippen molar-refractivity contribution in [2.24, 2.45) is 0 Å². The maximum Gasteiger partial charge on any atom is 0.235 e. The van der Waals surface area contributed by atoms with Crippen LogP contribution in [0.15, 0.2) is 48.5 Å². The molecule has 1 aliphatic heterocycles. The first-order valence-electron chi connectivity index (χ1n) is 8.51. The number of aromatic hydroxyl groups is 1. The monoisotopic (exact) mass is 381 g/mol. The van der Waals surface area contributed by atoms with Crippen LogP contribution in [-0.2, 0) is 4.79 Å². The average Bonchev–Trinajstić information content (AvgIpc) is 2.87. The summed E-state index contributed by atoms with van der Waals surface area (Å²) in [4.78, 5) is 12.3. The van der Waals surface area contributed by atoms with Crippen LogP contribution in [0.1, 0.15) is 22.1 Å². The summed E-state index contributed by atoms with van der Waals surface area (Å²) >= 11 is 1.53. The molecule has 1 aliphatic rings. The van der Waals surface area contributed by atoms with Gasteiger partial charge in [0, 0.05) is 5.56 Å². The SMILES string of the molecule is COc1ccc(-n2nc(C)c3c2NC(=O)CSC3c2cccc(O)c2)cc1. The van der Waals surface area contributed by atoms with Crippen LogP contribution in [0.5, 0.6) is 11.5 Å². The molecule has 0 fully saturated rings. The lowest BCUT2D eigenvalue weighted by molar-refractivity contribution is -0.113. The van der Waals surface area contributed by atoms with Crippen molar-refractivity contribution in [1.82, 2.24) is 9.78 Å². The number of carbonyl (C=O) groups excluding carboxylic acids is 1. The van der Waals surface area contributed by atoms with Crippen molar-refractivity contribution >= 4 is 23.5 Å². The zero-order valence-electron chi connectivity index (χ0n) is 15.0. The first-order valence-corrected chi connectivity index (χ1v) is 9.56. The molecule has 1 aromatic heterocycles. The number of amides is 1. The molecule has 0 saturated carbocycles. The van der Waals surface area contributed by atoms with Crippen molar-refractivity contribution < 1.29 is 14.6 Å². The molecule has 4 rings (SSSR count). The van der Waals surface area contributed by atoms with Gasteiger partial charge in [0.1, 0.15) is 17.3 Å². The van der Waals surface area contributed by atoms with Crippen LogP contribution in [0.3, 0.4) is 0 Å². The van der Waals surface area contributed by atoms with Gasteiger partial charge in [-0.3, -0.25) is 4.79 Å². The average molecular weight is 381 g/mol. The summed E-state index contributed by atoms with van der Waals surface area (Å²) in [6, 6.07) is 14.7. The highest BCUT2D eigenvalue weighted by Crippen LogP contribution is 2.44. The fourth-order valence-corrected chi connectivity index (χ4v) is 4.42. The summed E-state index contributed by atoms with van der Waals surface area (Å²) in [5.74, 6) is 1.89. The number of fused-ring (bicyclic) bond motifs is 1. The number of carbonyl (C=O) groups is 1. The van der Waals surface area contributed by atoms with Crippen LogP contribution in [0, 0.1) is 6.92 Å². The quantitative estimate of drug-likeness (QED) is 0.724. The normalized spacial score (nSPS) is 16.4. The van der Waals surface area contributed by atoms with E-state index in [4.69, 9.17) is 4.74 Å². The third kappa shape index (κ3) is 3.26. The smallest absolute Gasteiger partial charge is 0.235 e. The molecule has 0 radical (unpaired) electrons. The third-order valence-corrected chi connectivity index (χ3v) is 5.77. The van der Waals surface area contributed by atoms with Gasteiger partial charge in [-0.2, -0.15) is 5.10 Å². The zero-order valence-corrected chi connectivity index (χ0v) is 15.8. The first-order chi connectivity index (χ1) is 13.1. The Labute approximate surface area is 161 Å². The maximum absolute atomic E-state index is 12.3. The molecule has 6 nitrogen and oxygen atoms in total. The van der Waals surface area contributed by atoms with E-state index in [-0.39, 0.29) is 16.9 Å². The number of aryl methyl sites for hydroxylation is 1. The standard InChI is InChI=1S/C20H19N3O3S/c1-12-18-19(13-4-3-5-15(24)10-13)27-11-17(25)21-20(18)23(22-12)14-6-8-16(26-2)9-7-14/h3-10,19,24H,11H2,1-2H3,(H,21,25). The highest BCUT2D eigenvalue weighted by Gasteiger charge is 2.30. The highest BCUT2D eigenvalue weighted by atomic mass is 32.2. The van der Waals surface area contributed by atoms with Crippen LogP contribution in [0.4, 0.5) is 5.82 Å². The van der Waals surface area contributed by atoms with Gasteiger partial charge >= 0.3 is 0 Å². The second-order valence-electron chi connectivity index (χ2n) is 6.29. The van der Waals surface area contributed by atoms with E-state index in [1.165, 1.54) is 11.8 Å². The molecule has 0 bridgehead atoms. The van der Waals surface area contributed by atoms with Gasteiger partial charge in [-0.25, -0.2) is 4.68 Å². The fourth-order valence-electron chi connectivity index (χ4n) is 3.25. The van der Waals surface area contributed by atoms with E-state index in [0.717, 1.165) is 28.3 Å². The summed E-state index contributed by atoms with van der Waals surface area (Å²) in [5.41, 5.74) is 3.56. The Morgan fingerprint density at radius 1 is 1.26 bits per heavy atom. The Morgan fingerprint density at radius 3 is 2.74 bits per heavy atom. The van der Waals surface area contributed by atoms with Crippen LogP contribution in [0.25, 0.3) is 5.69 Å². The molecule has 27 heavy (non-hydrogen) atoms. The Morgan fingerprint density at radius 2 is 2.04 bits per heavy atom. The minimum atomic E-state index is -0.0990. The Bertz CT molecular complexity index is 998. The summed E-state index contributed by atoms with van der Waals surface area (Å²) in [5, 5.41) is 17.5. The van der Waals surface area contributed by atoms with Gasteiger partial charge in [0.2, 0.25) is 5.91 Å². The molecule has 3 aromatic rings. The lowest BCUT2D eigenvalue weighted by Gasteiger charge is -2.15. The second kappa shape index (κ2) is 7.00. The summed E-state index contributed by atoms with van der Waals surface area (Å²) in [6.45, 7) is 1.94. The minimum Gasteiger partial charge on any atom is -0.508 e. The molecule has 2 N–H and O–H groups in total. The van der Waals surface area contributed by atoms with Crippen molar-refractivity contribution in [3.8, 4) is 17.2 Å². The molecule has 1 atom stereocenters. The number of thioether (sulfide) groups is 1. The maximum atomic E-state index is 12.3. The number of benzene rings is 2. The molecule has 138 valence electrons. The summed E-state index contributed by atoms with van der Waals surface area (Å²) in [7, 11) is 1.62. The predicted molar refractivity (Wildman–Crippen MR) is 106 cm³/mol. The van der Waals surface area contributed by atoms with E-state index in [1.807, 2.05) is 43.3 Å². The van der Waals surface area contributed by atoms with Crippen molar-refractivity contribution in [3.63, 3.8) is 0 Å². The molecule has 1 amide bonds. The number of nitrogens with zero attached hydrogens (tertiary/aromatic N) is 2. The number of anilines is 1. The van der Waals surface area contributed by atoms with Gasteiger partial charge in [0.25, 0.3) is 0 Å². The van der Waals surface area contributed by atoms with Crippen LogP contribution >= 0.6 is 11.8 Å². The Kier molecular flexibility index (Phi) is 4.53. The topological polar surface area (TPSA) is 76.4 Å². The number of ether oxygens (including phenoxy) is 1. The van der Waals surface area contributed by atoms with Crippen molar-refractivity contribution in [1.29, 1.82) is 0 Å². The number of hydrogen-bond acceptors (Lipinski definition) is 5. The fraction of sp³-hybridized carbons (Fsp3) is 0.200. The van der Waals surface area contributed by atoms with Crippen LogP contribution in [-0.4, -0.2) is 33.7 Å². The van der Waals surface area contributed by atoms with E-state index in [9.17, 15) is 9.90 Å². The molecular formula is C20H19N3O3S. The largest absolute Gasteiger partial charge is 0.508 e. The van der Waals surface area contributed by atoms with Crippen molar-refractivity contribution in [2.75, 3.05) is 18.2 Å². The van der Waals surface area contributed by atoms with Crippen molar-refractivity contribution in [3.05, 3.63) is 65.4 Å². The molecule has 0 aliphatic carbocycles. The van der Waals surface area contributed by atoms with E-state index in [0.29, 0.717) is 11.6 Å². The predicted octanol–water partition coefficient (Wildman–Crippen LogP) is 3.67. The Balaban J connectivity index is 1.86. The van der Waals surface area contributed by atoms with E-state index in [2.05, 4.69) is 10.4 Å². The van der Waals surface area contributed by atoms with Crippen LogP contribution < -0.4 is 10.1 Å². The minimum absolute atomic E-state index is 0.0708. The zero-order chi connectivity index (χ0) is 19.0. The Hall–Kier alpha value is -2.93. The number of phenolic OH excluding ortho intramolecular Hbond substituents is 1. The number of phenols is 1. The summed E-state index contributed by atoms with van der Waals surface area (Å²) in [6.07, 6.45) is 0. The number of rotatable bonds is 3. The summed E-state index contributed by atoms with van der Waals surface area (Å²) < 4.78 is 6.97. The molecular weight excluding hydrogens is 362 g/mol. The van der Waals surface area contributed by atoms with E-state index in [1.54, 1.807) is 23.9 Å². The van der Waals surface area contributed by atoms with Gasteiger partial charge < -0.3 is 15.2 Å². The molecule has 7 heteroatoms. The van der Waals surface area contributed by atoms with Crippen LogP contribution in [0.2, 0.25) is 0 Å². The second-order valence-corrected chi connectivity index (χ2v) is 7.39. The van der Waals surface area contributed by atoms with Gasteiger partial charge in [0.05, 0.1) is 29.5 Å². The van der Waals surface area contributed by atoms with E-state index < -0.39 is 0 Å². The van der Waals surface area contributed by atoms with Gasteiger partial charge in [-0.05, 0) is 48.9 Å². The number of aromatic nitrogens is 2.